The van der Waals surface area contributed by atoms with E-state index in [0.717, 1.165) is 45.6 Å². The number of nitrogens with one attached hydrogen (secondary N) is 1. The molecular weight excluding hydrogens is 298 g/mol. The molecule has 1 aliphatic rings. The van der Waals surface area contributed by atoms with Crippen molar-refractivity contribution >= 4 is 12.1 Å². The first-order valence-corrected chi connectivity index (χ1v) is 8.62. The van der Waals surface area contributed by atoms with Crippen LogP contribution in [-0.4, -0.2) is 44.0 Å². The number of carbonyl (C=O) groups excluding carboxylic acids is 1. The molecule has 24 heavy (non-hydrogen) atoms. The van der Waals surface area contributed by atoms with Crippen molar-refractivity contribution in [3.63, 3.8) is 0 Å². The van der Waals surface area contributed by atoms with Crippen molar-refractivity contribution in [2.75, 3.05) is 37.6 Å². The Labute approximate surface area is 144 Å². The zero-order chi connectivity index (χ0) is 16.6. The van der Waals surface area contributed by atoms with Gasteiger partial charge in [0, 0.05) is 45.0 Å². The highest BCUT2D eigenvalue weighted by molar-refractivity contribution is 5.46. The summed E-state index contributed by atoms with van der Waals surface area (Å²) >= 11 is 0. The van der Waals surface area contributed by atoms with Crippen molar-refractivity contribution in [3.8, 4) is 0 Å². The van der Waals surface area contributed by atoms with Crippen molar-refractivity contribution in [1.82, 2.24) is 10.2 Å². The van der Waals surface area contributed by atoms with Gasteiger partial charge in [0.2, 0.25) is 6.41 Å². The lowest BCUT2D eigenvalue weighted by atomic mass is 10.1. The van der Waals surface area contributed by atoms with Gasteiger partial charge in [-0.1, -0.05) is 42.5 Å². The summed E-state index contributed by atoms with van der Waals surface area (Å²) in [6.45, 7) is 6.07. The van der Waals surface area contributed by atoms with Crippen LogP contribution in [0.2, 0.25) is 0 Å². The number of hydrogen-bond donors (Lipinski definition) is 1. The van der Waals surface area contributed by atoms with Crippen LogP contribution in [-0.2, 0) is 17.8 Å². The number of rotatable bonds is 7. The quantitative estimate of drug-likeness (QED) is 0.627. The molecule has 0 aromatic heterocycles. The monoisotopic (exact) mass is 323 g/mol. The molecule has 0 atom stereocenters. The number of nitrogens with zero attached hydrogens (tertiary/aromatic N) is 2. The van der Waals surface area contributed by atoms with Crippen LogP contribution < -0.4 is 10.2 Å². The molecule has 0 saturated carbocycles. The van der Waals surface area contributed by atoms with Gasteiger partial charge in [-0.05, 0) is 29.7 Å². The SMILES string of the molecule is O=CNCCc1ccc(CN2CCN(c3ccccc3)CC2)cc1. The predicted octanol–water partition coefficient (Wildman–Crippen LogP) is 2.30. The molecule has 0 unspecified atom stereocenters. The Balaban J connectivity index is 1.46. The summed E-state index contributed by atoms with van der Waals surface area (Å²) < 4.78 is 0. The minimum absolute atomic E-state index is 0.699. The van der Waals surface area contributed by atoms with Gasteiger partial charge in [0.25, 0.3) is 0 Å². The van der Waals surface area contributed by atoms with E-state index in [2.05, 4.69) is 69.7 Å². The van der Waals surface area contributed by atoms with Gasteiger partial charge in [-0.15, -0.1) is 0 Å². The maximum Gasteiger partial charge on any atom is 0.207 e. The number of carbonyl (C=O) groups is 1. The van der Waals surface area contributed by atoms with Gasteiger partial charge in [0.1, 0.15) is 0 Å². The molecule has 4 heteroatoms. The van der Waals surface area contributed by atoms with E-state index >= 15 is 0 Å². The molecule has 0 radical (unpaired) electrons. The molecule has 2 aromatic rings. The second-order valence-corrected chi connectivity index (χ2v) is 6.24. The smallest absolute Gasteiger partial charge is 0.207 e. The number of piperazine rings is 1. The highest BCUT2D eigenvalue weighted by Gasteiger charge is 2.16. The molecule has 0 aliphatic carbocycles. The zero-order valence-corrected chi connectivity index (χ0v) is 14.0. The number of benzene rings is 2. The normalized spacial score (nSPS) is 15.2. The molecule has 1 heterocycles. The second kappa shape index (κ2) is 8.50. The third-order valence-corrected chi connectivity index (χ3v) is 4.56. The number of anilines is 1. The lowest BCUT2D eigenvalue weighted by Gasteiger charge is -2.36. The largest absolute Gasteiger partial charge is 0.369 e. The standard InChI is InChI=1S/C20H25N3O/c24-17-21-11-10-18-6-8-19(9-7-18)16-22-12-14-23(15-13-22)20-4-2-1-3-5-20/h1-9,17H,10-16H2,(H,21,24). The number of amides is 1. The molecule has 1 amide bonds. The minimum Gasteiger partial charge on any atom is -0.369 e. The van der Waals surface area contributed by atoms with E-state index in [-0.39, 0.29) is 0 Å². The number of hydrogen-bond acceptors (Lipinski definition) is 3. The van der Waals surface area contributed by atoms with Crippen molar-refractivity contribution in [2.24, 2.45) is 0 Å². The maximum atomic E-state index is 10.3. The van der Waals surface area contributed by atoms with Gasteiger partial charge >= 0.3 is 0 Å². The van der Waals surface area contributed by atoms with E-state index in [0.29, 0.717) is 6.54 Å². The molecule has 0 bridgehead atoms. The fourth-order valence-electron chi connectivity index (χ4n) is 3.15. The van der Waals surface area contributed by atoms with Gasteiger partial charge in [0.15, 0.2) is 0 Å². The molecule has 1 N–H and O–H groups in total. The first-order chi connectivity index (χ1) is 11.8. The van der Waals surface area contributed by atoms with Gasteiger partial charge in [-0.25, -0.2) is 0 Å². The first kappa shape index (κ1) is 16.5. The van der Waals surface area contributed by atoms with E-state index < -0.39 is 0 Å². The zero-order valence-electron chi connectivity index (χ0n) is 14.0. The predicted molar refractivity (Wildman–Crippen MR) is 98.1 cm³/mol. The van der Waals surface area contributed by atoms with Crippen LogP contribution in [0, 0.1) is 0 Å². The molecular formula is C20H25N3O. The molecule has 3 rings (SSSR count). The first-order valence-electron chi connectivity index (χ1n) is 8.62. The second-order valence-electron chi connectivity index (χ2n) is 6.24. The van der Waals surface area contributed by atoms with Crippen LogP contribution in [0.25, 0.3) is 0 Å². The summed E-state index contributed by atoms with van der Waals surface area (Å²) in [4.78, 5) is 15.2. The molecule has 1 fully saturated rings. The third-order valence-electron chi connectivity index (χ3n) is 4.56. The maximum absolute atomic E-state index is 10.3. The summed E-state index contributed by atoms with van der Waals surface area (Å²) in [5.41, 5.74) is 3.95. The molecule has 126 valence electrons. The Bertz CT molecular complexity index is 619. The summed E-state index contributed by atoms with van der Waals surface area (Å²) in [7, 11) is 0. The summed E-state index contributed by atoms with van der Waals surface area (Å²) in [6, 6.07) is 19.4. The average Bonchev–Trinajstić information content (AvgIpc) is 2.65. The van der Waals surface area contributed by atoms with Crippen LogP contribution in [0.3, 0.4) is 0 Å². The fraction of sp³-hybridized carbons (Fsp3) is 0.350. The third kappa shape index (κ3) is 4.59. The molecule has 2 aromatic carbocycles. The van der Waals surface area contributed by atoms with Crippen molar-refractivity contribution in [3.05, 3.63) is 65.7 Å². The van der Waals surface area contributed by atoms with E-state index in [1.54, 1.807) is 0 Å². The number of para-hydroxylation sites is 1. The van der Waals surface area contributed by atoms with E-state index in [4.69, 9.17) is 0 Å². The van der Waals surface area contributed by atoms with Crippen molar-refractivity contribution < 1.29 is 4.79 Å². The highest BCUT2D eigenvalue weighted by Crippen LogP contribution is 2.17. The van der Waals surface area contributed by atoms with Gasteiger partial charge < -0.3 is 10.2 Å². The highest BCUT2D eigenvalue weighted by atomic mass is 16.1. The summed E-state index contributed by atoms with van der Waals surface area (Å²) in [5, 5.41) is 2.70. The minimum atomic E-state index is 0.699. The summed E-state index contributed by atoms with van der Waals surface area (Å²) in [5.74, 6) is 0. The van der Waals surface area contributed by atoms with Crippen LogP contribution in [0.4, 0.5) is 5.69 Å². The van der Waals surface area contributed by atoms with Crippen LogP contribution in [0.5, 0.6) is 0 Å². The van der Waals surface area contributed by atoms with E-state index in [9.17, 15) is 4.79 Å². The average molecular weight is 323 g/mol. The lowest BCUT2D eigenvalue weighted by molar-refractivity contribution is -0.109. The Morgan fingerprint density at radius 2 is 1.54 bits per heavy atom. The fourth-order valence-corrected chi connectivity index (χ4v) is 3.15. The van der Waals surface area contributed by atoms with Gasteiger partial charge in [0.05, 0.1) is 0 Å². The topological polar surface area (TPSA) is 35.6 Å². The van der Waals surface area contributed by atoms with Gasteiger partial charge in [-0.3, -0.25) is 9.69 Å². The molecule has 1 aliphatic heterocycles. The molecule has 0 spiro atoms. The van der Waals surface area contributed by atoms with Crippen molar-refractivity contribution in [2.45, 2.75) is 13.0 Å². The molecule has 1 saturated heterocycles. The Morgan fingerprint density at radius 3 is 2.21 bits per heavy atom. The van der Waals surface area contributed by atoms with Gasteiger partial charge in [-0.2, -0.15) is 0 Å². The van der Waals surface area contributed by atoms with Crippen molar-refractivity contribution in [1.29, 1.82) is 0 Å². The van der Waals surface area contributed by atoms with Crippen LogP contribution in [0.15, 0.2) is 54.6 Å². The van der Waals surface area contributed by atoms with Crippen LogP contribution in [0.1, 0.15) is 11.1 Å². The van der Waals surface area contributed by atoms with E-state index in [1.807, 2.05) is 0 Å². The Kier molecular flexibility index (Phi) is 5.85. The van der Waals surface area contributed by atoms with E-state index in [1.165, 1.54) is 16.8 Å². The Hall–Kier alpha value is -2.33. The Morgan fingerprint density at radius 1 is 0.875 bits per heavy atom. The molecule has 4 nitrogen and oxygen atoms in total. The summed E-state index contributed by atoms with van der Waals surface area (Å²) in [6.07, 6.45) is 1.64. The van der Waals surface area contributed by atoms with Crippen LogP contribution >= 0.6 is 0 Å². The lowest BCUT2D eigenvalue weighted by Crippen LogP contribution is -2.45.